The second kappa shape index (κ2) is 4.91. The van der Waals surface area contributed by atoms with Crippen LogP contribution < -0.4 is 34.3 Å². The van der Waals surface area contributed by atoms with E-state index in [1.807, 2.05) is 25.4 Å². The third-order valence-corrected chi connectivity index (χ3v) is 1.43. The fraction of sp³-hybridized carbons (Fsp3) is 0.143. The normalized spacial score (nSPS) is 10.6. The second-order valence-corrected chi connectivity index (χ2v) is 2.18. The number of nitrogens with two attached hydrogens (primary N) is 1. The Morgan fingerprint density at radius 2 is 2.25 bits per heavy atom. The van der Waals surface area contributed by atoms with Crippen molar-refractivity contribution in [2.45, 2.75) is 0 Å². The number of halogens is 1. The molecule has 1 heterocycles. The first-order valence-corrected chi connectivity index (χ1v) is 3.18. The Labute approximate surface area is 87.7 Å². The number of aromatic nitrogens is 1. The van der Waals surface area contributed by atoms with E-state index in [0.29, 0.717) is 5.69 Å². The van der Waals surface area contributed by atoms with E-state index in [1.54, 1.807) is 10.6 Å². The molecular weight excluding hydrogens is 269 g/mol. The van der Waals surface area contributed by atoms with Crippen molar-refractivity contribution in [1.82, 2.24) is 0 Å². The minimum atomic E-state index is 0. The zero-order chi connectivity index (χ0) is 8.27. The number of pyridine rings is 1. The topological polar surface area (TPSA) is 62.5 Å². The molecular formula is C7H10IN3O. The molecule has 0 fully saturated rings. The summed E-state index contributed by atoms with van der Waals surface area (Å²) in [6, 6.07) is 5.47. The van der Waals surface area contributed by atoms with Gasteiger partial charge in [-0.05, 0) is 6.07 Å². The summed E-state index contributed by atoms with van der Waals surface area (Å²) in [5.41, 5.74) is 6.06. The van der Waals surface area contributed by atoms with Gasteiger partial charge in [0, 0.05) is 12.1 Å². The first-order valence-electron chi connectivity index (χ1n) is 3.18. The molecule has 0 unspecified atom stereocenters. The van der Waals surface area contributed by atoms with Gasteiger partial charge in [-0.3, -0.25) is 0 Å². The summed E-state index contributed by atoms with van der Waals surface area (Å²) >= 11 is 0. The van der Waals surface area contributed by atoms with Gasteiger partial charge in [0.15, 0.2) is 6.20 Å². The molecule has 1 aromatic rings. The third-order valence-electron chi connectivity index (χ3n) is 1.43. The average molecular weight is 279 g/mol. The molecule has 0 spiro atoms. The Morgan fingerprint density at radius 1 is 1.58 bits per heavy atom. The summed E-state index contributed by atoms with van der Waals surface area (Å²) in [5.74, 6) is 0.119. The van der Waals surface area contributed by atoms with Gasteiger partial charge in [-0.15, -0.1) is 0 Å². The maximum Gasteiger partial charge on any atom is 0.250 e. The number of amidine groups is 1. The Bertz CT molecular complexity index is 288. The molecule has 0 aliphatic heterocycles. The van der Waals surface area contributed by atoms with Crippen LogP contribution in [0.4, 0.5) is 0 Å². The highest BCUT2D eigenvalue weighted by atomic mass is 127. The molecule has 3 N–H and O–H groups in total. The van der Waals surface area contributed by atoms with Crippen LogP contribution in [0.25, 0.3) is 0 Å². The fourth-order valence-electron chi connectivity index (χ4n) is 0.841. The van der Waals surface area contributed by atoms with Crippen molar-refractivity contribution in [2.24, 2.45) is 17.9 Å². The Morgan fingerprint density at radius 3 is 2.75 bits per heavy atom. The molecule has 0 radical (unpaired) electrons. The van der Waals surface area contributed by atoms with Gasteiger partial charge in [0.25, 0.3) is 5.69 Å². The zero-order valence-corrected chi connectivity index (χ0v) is 8.76. The summed E-state index contributed by atoms with van der Waals surface area (Å²) in [6.45, 7) is 0. The average Bonchev–Trinajstić information content (AvgIpc) is 2.04. The zero-order valence-electron chi connectivity index (χ0n) is 6.61. The quantitative estimate of drug-likeness (QED) is 0.141. The Balaban J connectivity index is 0.00000121. The van der Waals surface area contributed by atoms with Gasteiger partial charge in [-0.2, -0.15) is 4.57 Å². The van der Waals surface area contributed by atoms with Crippen molar-refractivity contribution in [3.8, 4) is 0 Å². The van der Waals surface area contributed by atoms with Gasteiger partial charge in [-0.25, -0.2) is 0 Å². The smallest absolute Gasteiger partial charge is 0.250 e. The molecule has 0 aliphatic rings. The summed E-state index contributed by atoms with van der Waals surface area (Å²) in [7, 11) is 1.83. The molecule has 0 bridgehead atoms. The summed E-state index contributed by atoms with van der Waals surface area (Å²) in [5, 5.41) is 11.3. The van der Waals surface area contributed by atoms with Gasteiger partial charge in [0.05, 0.1) is 0 Å². The second-order valence-electron chi connectivity index (χ2n) is 2.18. The van der Waals surface area contributed by atoms with Crippen molar-refractivity contribution in [1.29, 1.82) is 0 Å². The van der Waals surface area contributed by atoms with E-state index >= 15 is 0 Å². The maximum atomic E-state index is 8.36. The van der Waals surface area contributed by atoms with Crippen LogP contribution in [0.2, 0.25) is 0 Å². The lowest BCUT2D eigenvalue weighted by atomic mass is 10.3. The van der Waals surface area contributed by atoms with Crippen LogP contribution in [-0.2, 0) is 7.05 Å². The molecule has 66 valence electrons. The van der Waals surface area contributed by atoms with Crippen LogP contribution in [-0.4, -0.2) is 11.0 Å². The van der Waals surface area contributed by atoms with E-state index in [2.05, 4.69) is 5.16 Å². The molecule has 0 aromatic carbocycles. The molecule has 1 aromatic heterocycles. The van der Waals surface area contributed by atoms with E-state index in [1.165, 1.54) is 0 Å². The number of hydrogen-bond acceptors (Lipinski definition) is 2. The van der Waals surface area contributed by atoms with Gasteiger partial charge < -0.3 is 34.9 Å². The molecule has 4 nitrogen and oxygen atoms in total. The maximum absolute atomic E-state index is 8.36. The largest absolute Gasteiger partial charge is 1.00 e. The molecule has 0 amide bonds. The highest BCUT2D eigenvalue weighted by molar-refractivity contribution is 5.93. The fourth-order valence-corrected chi connectivity index (χ4v) is 0.841. The number of rotatable bonds is 1. The summed E-state index contributed by atoms with van der Waals surface area (Å²) in [4.78, 5) is 0. The predicted molar refractivity (Wildman–Crippen MR) is 40.1 cm³/mol. The van der Waals surface area contributed by atoms with Gasteiger partial charge >= 0.3 is 0 Å². The van der Waals surface area contributed by atoms with Crippen molar-refractivity contribution in [2.75, 3.05) is 0 Å². The van der Waals surface area contributed by atoms with Crippen LogP contribution in [0, 0.1) is 0 Å². The number of nitrogens with zero attached hydrogens (tertiary/aromatic N) is 2. The van der Waals surface area contributed by atoms with Crippen molar-refractivity contribution in [3.63, 3.8) is 0 Å². The van der Waals surface area contributed by atoms with Crippen molar-refractivity contribution < 1.29 is 33.8 Å². The van der Waals surface area contributed by atoms with Crippen LogP contribution in [0.1, 0.15) is 5.69 Å². The van der Waals surface area contributed by atoms with Gasteiger partial charge in [-0.1, -0.05) is 5.16 Å². The molecule has 1 rings (SSSR count). The monoisotopic (exact) mass is 279 g/mol. The molecule has 0 saturated heterocycles. The molecule has 12 heavy (non-hydrogen) atoms. The van der Waals surface area contributed by atoms with Crippen LogP contribution in [0.3, 0.4) is 0 Å². The van der Waals surface area contributed by atoms with Crippen molar-refractivity contribution >= 4 is 5.84 Å². The van der Waals surface area contributed by atoms with E-state index in [4.69, 9.17) is 10.9 Å². The predicted octanol–water partition coefficient (Wildman–Crippen LogP) is -3.39. The number of aryl methyl sites for hydroxylation is 1. The number of oxime groups is 1. The third kappa shape index (κ3) is 2.33. The molecule has 0 atom stereocenters. The highest BCUT2D eigenvalue weighted by Crippen LogP contribution is 1.88. The van der Waals surface area contributed by atoms with Gasteiger partial charge in [0.1, 0.15) is 7.05 Å². The highest BCUT2D eigenvalue weighted by Gasteiger charge is 2.08. The first-order chi connectivity index (χ1) is 5.25. The SMILES string of the molecule is C[n+]1ccccc1/C(N)=N/O.[I-]. The minimum absolute atomic E-state index is 0. The van der Waals surface area contributed by atoms with E-state index in [-0.39, 0.29) is 29.8 Å². The van der Waals surface area contributed by atoms with E-state index < -0.39 is 0 Å². The summed E-state index contributed by atoms with van der Waals surface area (Å²) in [6.07, 6.45) is 1.83. The Hall–Kier alpha value is -0.850. The first kappa shape index (κ1) is 11.2. The lowest BCUT2D eigenvalue weighted by molar-refractivity contribution is -0.672. The van der Waals surface area contributed by atoms with Crippen molar-refractivity contribution in [3.05, 3.63) is 30.1 Å². The van der Waals surface area contributed by atoms with Crippen LogP contribution in [0.15, 0.2) is 29.6 Å². The lowest BCUT2D eigenvalue weighted by Crippen LogP contribution is -3.00. The van der Waals surface area contributed by atoms with Crippen LogP contribution >= 0.6 is 0 Å². The van der Waals surface area contributed by atoms with Crippen LogP contribution in [0.5, 0.6) is 0 Å². The molecule has 5 heteroatoms. The van der Waals surface area contributed by atoms with E-state index in [0.717, 1.165) is 0 Å². The molecule has 0 aliphatic carbocycles. The standard InChI is InChI=1S/C7H9N3O.HI/c1-10-5-3-2-4-6(10)7(8)9-11;/h2-5H,8H2,1H3;1H. The van der Waals surface area contributed by atoms with Gasteiger partial charge in [0.2, 0.25) is 5.84 Å². The van der Waals surface area contributed by atoms with E-state index in [9.17, 15) is 0 Å². The molecule has 0 saturated carbocycles. The Kier molecular flexibility index (Phi) is 4.57. The summed E-state index contributed by atoms with van der Waals surface area (Å²) < 4.78 is 1.77. The lowest BCUT2D eigenvalue weighted by Gasteiger charge is -1.94. The minimum Gasteiger partial charge on any atom is -1.00 e. The number of hydrogen-bond donors (Lipinski definition) is 2.